The molecular formula is C29H31BrO6. The third-order valence-electron chi connectivity index (χ3n) is 5.84. The third-order valence-corrected chi connectivity index (χ3v) is 6.58. The van der Waals surface area contributed by atoms with E-state index in [-0.39, 0.29) is 6.61 Å². The van der Waals surface area contributed by atoms with Crippen molar-refractivity contribution < 1.29 is 28.5 Å². The number of hydrogen-bond donors (Lipinski definition) is 0. The number of halogens is 1. The summed E-state index contributed by atoms with van der Waals surface area (Å²) in [6.07, 6.45) is -2.27. The van der Waals surface area contributed by atoms with Crippen molar-refractivity contribution in [3.8, 4) is 0 Å². The Kier molecular flexibility index (Phi) is 10.1. The first-order chi connectivity index (χ1) is 17.6. The molecule has 1 saturated heterocycles. The Balaban J connectivity index is 1.53. The molecular weight excluding hydrogens is 524 g/mol. The Morgan fingerprint density at radius 3 is 1.69 bits per heavy atom. The summed E-state index contributed by atoms with van der Waals surface area (Å²) in [5, 5.41) is -0.580. The van der Waals surface area contributed by atoms with E-state index in [9.17, 15) is 4.79 Å². The number of rotatable bonds is 11. The van der Waals surface area contributed by atoms with Crippen LogP contribution in [0, 0.1) is 0 Å². The molecule has 3 aromatic rings. The van der Waals surface area contributed by atoms with Crippen LogP contribution in [0.5, 0.6) is 0 Å². The molecule has 0 N–H and O–H groups in total. The summed E-state index contributed by atoms with van der Waals surface area (Å²) < 4.78 is 30.7. The summed E-state index contributed by atoms with van der Waals surface area (Å²) in [7, 11) is 0. The topological polar surface area (TPSA) is 63.2 Å². The van der Waals surface area contributed by atoms with E-state index in [0.29, 0.717) is 19.8 Å². The summed E-state index contributed by atoms with van der Waals surface area (Å²) >= 11 is 3.56. The zero-order valence-electron chi connectivity index (χ0n) is 20.2. The van der Waals surface area contributed by atoms with Crippen molar-refractivity contribution in [2.45, 2.75) is 56.2 Å². The van der Waals surface area contributed by atoms with Crippen LogP contribution in [0.2, 0.25) is 0 Å². The van der Waals surface area contributed by atoms with Gasteiger partial charge < -0.3 is 23.7 Å². The Hall–Kier alpha value is -2.55. The first-order valence-electron chi connectivity index (χ1n) is 12.0. The molecule has 3 aromatic carbocycles. The molecule has 0 radical (unpaired) electrons. The zero-order valence-corrected chi connectivity index (χ0v) is 21.8. The van der Waals surface area contributed by atoms with E-state index in [2.05, 4.69) is 15.9 Å². The molecule has 4 rings (SSSR count). The minimum atomic E-state index is -0.697. The Morgan fingerprint density at radius 1 is 0.722 bits per heavy atom. The molecule has 7 heteroatoms. The van der Waals surface area contributed by atoms with E-state index in [1.165, 1.54) is 6.92 Å². The molecule has 0 aromatic heterocycles. The molecule has 0 aliphatic carbocycles. The fourth-order valence-corrected chi connectivity index (χ4v) is 4.79. The van der Waals surface area contributed by atoms with E-state index in [0.717, 1.165) is 16.7 Å². The monoisotopic (exact) mass is 554 g/mol. The number of esters is 1. The lowest BCUT2D eigenvalue weighted by atomic mass is 9.99. The van der Waals surface area contributed by atoms with Gasteiger partial charge in [0, 0.05) is 6.92 Å². The zero-order chi connectivity index (χ0) is 25.2. The van der Waals surface area contributed by atoms with Crippen LogP contribution < -0.4 is 0 Å². The molecule has 0 amide bonds. The van der Waals surface area contributed by atoms with Gasteiger partial charge in [-0.05, 0) is 16.7 Å². The van der Waals surface area contributed by atoms with Crippen molar-refractivity contribution in [1.82, 2.24) is 0 Å². The second kappa shape index (κ2) is 13.7. The van der Waals surface area contributed by atoms with Gasteiger partial charge in [-0.1, -0.05) is 107 Å². The average Bonchev–Trinajstić information content (AvgIpc) is 2.90. The van der Waals surface area contributed by atoms with Gasteiger partial charge in [-0.25, -0.2) is 0 Å². The SMILES string of the molecule is CC(=O)OC1C(OCc2ccccc2)[C@@H](OCc2ccccc2)C(COCc2ccccc2)O[C@@H]1Br. The second-order valence-electron chi connectivity index (χ2n) is 8.62. The summed E-state index contributed by atoms with van der Waals surface area (Å²) in [5.74, 6) is -0.415. The number of carbonyl (C=O) groups is 1. The van der Waals surface area contributed by atoms with E-state index in [4.69, 9.17) is 23.7 Å². The Bertz CT molecular complexity index is 1050. The van der Waals surface area contributed by atoms with Crippen LogP contribution >= 0.6 is 15.9 Å². The fourth-order valence-electron chi connectivity index (χ4n) is 4.11. The number of hydrogen-bond acceptors (Lipinski definition) is 6. The van der Waals surface area contributed by atoms with Gasteiger partial charge in [0.15, 0.2) is 11.1 Å². The number of alkyl halides is 1. The molecule has 36 heavy (non-hydrogen) atoms. The molecule has 6 nitrogen and oxygen atoms in total. The van der Waals surface area contributed by atoms with Gasteiger partial charge in [-0.2, -0.15) is 0 Å². The quantitative estimate of drug-likeness (QED) is 0.233. The maximum absolute atomic E-state index is 12.0. The number of benzene rings is 3. The van der Waals surface area contributed by atoms with E-state index < -0.39 is 35.4 Å². The highest BCUT2D eigenvalue weighted by Crippen LogP contribution is 2.32. The summed E-state index contributed by atoms with van der Waals surface area (Å²) in [5.41, 5.74) is 3.10. The number of ether oxygens (including phenoxy) is 5. The van der Waals surface area contributed by atoms with E-state index >= 15 is 0 Å². The van der Waals surface area contributed by atoms with Gasteiger partial charge in [0.1, 0.15) is 18.3 Å². The van der Waals surface area contributed by atoms with Gasteiger partial charge >= 0.3 is 5.97 Å². The maximum atomic E-state index is 12.0. The van der Waals surface area contributed by atoms with Crippen molar-refractivity contribution in [3.05, 3.63) is 108 Å². The standard InChI is InChI=1S/C29H31BrO6/c1-21(31)35-28-27(34-19-24-15-9-4-10-16-24)26(33-18-23-13-7-3-8-14-23)25(36-29(28)30)20-32-17-22-11-5-2-6-12-22/h2-16,25-29H,17-20H2,1H3/t25?,26-,27?,28?,29-/m0/s1. The fraction of sp³-hybridized carbons (Fsp3) is 0.345. The largest absolute Gasteiger partial charge is 0.456 e. The number of carbonyl (C=O) groups excluding carboxylic acids is 1. The highest BCUT2D eigenvalue weighted by atomic mass is 79.9. The molecule has 0 spiro atoms. The summed E-state index contributed by atoms with van der Waals surface area (Å²) in [6, 6.07) is 29.7. The molecule has 190 valence electrons. The first-order valence-corrected chi connectivity index (χ1v) is 12.9. The van der Waals surface area contributed by atoms with Crippen LogP contribution in [0.15, 0.2) is 91.0 Å². The molecule has 1 fully saturated rings. The Morgan fingerprint density at radius 2 is 1.19 bits per heavy atom. The van der Waals surface area contributed by atoms with Crippen molar-refractivity contribution >= 4 is 21.9 Å². The van der Waals surface area contributed by atoms with E-state index in [1.54, 1.807) is 0 Å². The van der Waals surface area contributed by atoms with Gasteiger partial charge in [0.2, 0.25) is 0 Å². The first kappa shape index (κ1) is 26.5. The lowest BCUT2D eigenvalue weighted by Gasteiger charge is -2.44. The van der Waals surface area contributed by atoms with Gasteiger partial charge in [0.05, 0.1) is 26.4 Å². The molecule has 5 atom stereocenters. The van der Waals surface area contributed by atoms with Crippen LogP contribution in [0.1, 0.15) is 23.6 Å². The van der Waals surface area contributed by atoms with Crippen LogP contribution in [0.4, 0.5) is 0 Å². The maximum Gasteiger partial charge on any atom is 0.303 e. The predicted molar refractivity (Wildman–Crippen MR) is 139 cm³/mol. The molecule has 1 aliphatic heterocycles. The highest BCUT2D eigenvalue weighted by Gasteiger charge is 2.48. The smallest absolute Gasteiger partial charge is 0.303 e. The summed E-state index contributed by atoms with van der Waals surface area (Å²) in [6.45, 7) is 2.81. The lowest BCUT2D eigenvalue weighted by molar-refractivity contribution is -0.247. The highest BCUT2D eigenvalue weighted by molar-refractivity contribution is 9.09. The molecule has 3 unspecified atom stereocenters. The van der Waals surface area contributed by atoms with Gasteiger partial charge in [-0.15, -0.1) is 0 Å². The minimum Gasteiger partial charge on any atom is -0.456 e. The van der Waals surface area contributed by atoms with Crippen LogP contribution in [-0.4, -0.2) is 42.0 Å². The molecule has 1 aliphatic rings. The van der Waals surface area contributed by atoms with E-state index in [1.807, 2.05) is 91.0 Å². The Labute approximate surface area is 220 Å². The van der Waals surface area contributed by atoms with Crippen molar-refractivity contribution in [3.63, 3.8) is 0 Å². The molecule has 0 saturated carbocycles. The normalized spacial score (nSPS) is 23.8. The predicted octanol–water partition coefficient (Wildman–Crippen LogP) is 5.43. The average molecular weight is 555 g/mol. The van der Waals surface area contributed by atoms with Crippen LogP contribution in [-0.2, 0) is 48.3 Å². The van der Waals surface area contributed by atoms with Crippen LogP contribution in [0.25, 0.3) is 0 Å². The summed E-state index contributed by atoms with van der Waals surface area (Å²) in [4.78, 5) is 12.0. The van der Waals surface area contributed by atoms with Crippen molar-refractivity contribution in [2.75, 3.05) is 6.61 Å². The lowest BCUT2D eigenvalue weighted by Crippen LogP contribution is -2.60. The molecule has 1 heterocycles. The van der Waals surface area contributed by atoms with Crippen molar-refractivity contribution in [2.24, 2.45) is 0 Å². The van der Waals surface area contributed by atoms with Crippen LogP contribution in [0.3, 0.4) is 0 Å². The second-order valence-corrected chi connectivity index (χ2v) is 9.53. The minimum absolute atomic E-state index is 0.286. The van der Waals surface area contributed by atoms with Crippen molar-refractivity contribution in [1.29, 1.82) is 0 Å². The molecule has 0 bridgehead atoms. The van der Waals surface area contributed by atoms with Gasteiger partial charge in [0.25, 0.3) is 0 Å². The third kappa shape index (κ3) is 7.72. The van der Waals surface area contributed by atoms with Gasteiger partial charge in [-0.3, -0.25) is 4.79 Å².